The second-order valence-electron chi connectivity index (χ2n) is 2.69. The second kappa shape index (κ2) is 4.50. The highest BCUT2D eigenvalue weighted by atomic mass is 14.7. The lowest BCUT2D eigenvalue weighted by molar-refractivity contribution is 1.36. The van der Waals surface area contributed by atoms with E-state index in [1.165, 1.54) is 0 Å². The van der Waals surface area contributed by atoms with Crippen LogP contribution in [0, 0.1) is 0 Å². The van der Waals surface area contributed by atoms with E-state index in [1.54, 1.807) is 6.08 Å². The molecule has 0 aromatic rings. The van der Waals surface area contributed by atoms with E-state index >= 15 is 0 Å². The normalized spacial score (nSPS) is 20.1. The maximum absolute atomic E-state index is 4.30. The van der Waals surface area contributed by atoms with Crippen LogP contribution in [0.15, 0.2) is 53.7 Å². The molecule has 0 heterocycles. The molecule has 0 atom stereocenters. The monoisotopic (exact) mass is 159 g/mol. The van der Waals surface area contributed by atoms with Crippen molar-refractivity contribution < 1.29 is 0 Å². The fourth-order valence-electron chi connectivity index (χ4n) is 0.835. The summed E-state index contributed by atoms with van der Waals surface area (Å²) < 4.78 is 0. The van der Waals surface area contributed by atoms with E-state index < -0.39 is 0 Å². The Morgan fingerprint density at radius 1 is 1.58 bits per heavy atom. The van der Waals surface area contributed by atoms with Crippen LogP contribution >= 0.6 is 0 Å². The lowest BCUT2D eigenvalue weighted by Gasteiger charge is -1.98. The van der Waals surface area contributed by atoms with Crippen molar-refractivity contribution in [3.05, 3.63) is 48.7 Å². The minimum absolute atomic E-state index is 0.928. The molecule has 0 unspecified atom stereocenters. The maximum atomic E-state index is 4.30. The van der Waals surface area contributed by atoms with Crippen molar-refractivity contribution in [3.63, 3.8) is 0 Å². The standard InChI is InChI=1S/C11H13N/c1-3-10(2)9-12-11-7-5-4-6-8-11/h3-7,9H,1,8H2,2H3/b10-9-,12-11-. The van der Waals surface area contributed by atoms with Gasteiger partial charge in [-0.25, -0.2) is 0 Å². The highest BCUT2D eigenvalue weighted by Crippen LogP contribution is 2.01. The van der Waals surface area contributed by atoms with Crippen LogP contribution in [-0.4, -0.2) is 5.71 Å². The van der Waals surface area contributed by atoms with Gasteiger partial charge in [0.1, 0.15) is 0 Å². The lowest BCUT2D eigenvalue weighted by atomic mass is 10.1. The van der Waals surface area contributed by atoms with Gasteiger partial charge in [-0.2, -0.15) is 0 Å². The summed E-state index contributed by atoms with van der Waals surface area (Å²) in [6, 6.07) is 0. The molecule has 1 aliphatic rings. The van der Waals surface area contributed by atoms with E-state index in [0.29, 0.717) is 0 Å². The molecule has 0 bridgehead atoms. The Kier molecular flexibility index (Phi) is 3.27. The van der Waals surface area contributed by atoms with Gasteiger partial charge in [-0.05, 0) is 18.6 Å². The highest BCUT2D eigenvalue weighted by Gasteiger charge is 1.92. The Bertz CT molecular complexity index is 277. The molecule has 62 valence electrons. The summed E-state index contributed by atoms with van der Waals surface area (Å²) in [5.74, 6) is 0. The summed E-state index contributed by atoms with van der Waals surface area (Å²) in [6.45, 7) is 5.64. The summed E-state index contributed by atoms with van der Waals surface area (Å²) >= 11 is 0. The molecule has 0 saturated carbocycles. The van der Waals surface area contributed by atoms with Crippen molar-refractivity contribution in [1.82, 2.24) is 0 Å². The number of aliphatic imine (C=N–C) groups is 1. The fraction of sp³-hybridized carbons (Fsp3) is 0.182. The van der Waals surface area contributed by atoms with Crippen molar-refractivity contribution in [2.24, 2.45) is 4.99 Å². The first-order valence-corrected chi connectivity index (χ1v) is 4.02. The number of hydrogen-bond donors (Lipinski definition) is 0. The van der Waals surface area contributed by atoms with Gasteiger partial charge in [0, 0.05) is 18.3 Å². The Hall–Kier alpha value is -1.37. The van der Waals surface area contributed by atoms with Crippen LogP contribution in [0.1, 0.15) is 13.3 Å². The first-order valence-electron chi connectivity index (χ1n) is 4.02. The van der Waals surface area contributed by atoms with E-state index in [0.717, 1.165) is 17.7 Å². The lowest BCUT2D eigenvalue weighted by Crippen LogP contribution is -1.92. The van der Waals surface area contributed by atoms with Gasteiger partial charge >= 0.3 is 0 Å². The summed E-state index contributed by atoms with van der Waals surface area (Å²) in [6.07, 6.45) is 12.7. The van der Waals surface area contributed by atoms with Crippen molar-refractivity contribution in [3.8, 4) is 0 Å². The first-order chi connectivity index (χ1) is 5.83. The average Bonchev–Trinajstić information content (AvgIpc) is 2.16. The molecule has 1 heteroatoms. The minimum Gasteiger partial charge on any atom is -0.261 e. The quantitative estimate of drug-likeness (QED) is 0.549. The van der Waals surface area contributed by atoms with Crippen LogP contribution in [0.4, 0.5) is 0 Å². The molecule has 1 rings (SSSR count). The number of allylic oxidation sites excluding steroid dienone is 6. The zero-order valence-corrected chi connectivity index (χ0v) is 7.33. The third-order valence-electron chi connectivity index (χ3n) is 1.62. The summed E-state index contributed by atoms with van der Waals surface area (Å²) in [5.41, 5.74) is 2.18. The van der Waals surface area contributed by atoms with Crippen LogP contribution < -0.4 is 0 Å². The van der Waals surface area contributed by atoms with Crippen molar-refractivity contribution >= 4 is 5.71 Å². The Morgan fingerprint density at radius 2 is 2.42 bits per heavy atom. The van der Waals surface area contributed by atoms with Crippen molar-refractivity contribution in [2.45, 2.75) is 13.3 Å². The van der Waals surface area contributed by atoms with Gasteiger partial charge in [0.2, 0.25) is 0 Å². The topological polar surface area (TPSA) is 12.4 Å². The van der Waals surface area contributed by atoms with Gasteiger partial charge in [-0.15, -0.1) is 0 Å². The Balaban J connectivity index is 2.64. The first kappa shape index (κ1) is 8.72. The summed E-state index contributed by atoms with van der Waals surface area (Å²) in [5, 5.41) is 0. The molecule has 1 aliphatic carbocycles. The molecular weight excluding hydrogens is 146 g/mol. The van der Waals surface area contributed by atoms with Crippen molar-refractivity contribution in [2.75, 3.05) is 0 Å². The maximum Gasteiger partial charge on any atom is 0.0441 e. The van der Waals surface area contributed by atoms with Crippen LogP contribution in [-0.2, 0) is 0 Å². The summed E-state index contributed by atoms with van der Waals surface area (Å²) in [4.78, 5) is 4.30. The van der Waals surface area contributed by atoms with E-state index in [1.807, 2.05) is 31.4 Å². The zero-order valence-electron chi connectivity index (χ0n) is 7.33. The van der Waals surface area contributed by atoms with Crippen LogP contribution in [0.3, 0.4) is 0 Å². The molecule has 0 saturated heterocycles. The predicted octanol–water partition coefficient (Wildman–Crippen LogP) is 3.03. The van der Waals surface area contributed by atoms with E-state index in [9.17, 15) is 0 Å². The van der Waals surface area contributed by atoms with E-state index in [2.05, 4.69) is 17.6 Å². The van der Waals surface area contributed by atoms with Gasteiger partial charge in [0.05, 0.1) is 0 Å². The molecule has 0 aromatic carbocycles. The molecular formula is C11H13N. The molecule has 0 aromatic heterocycles. The van der Waals surface area contributed by atoms with Crippen LogP contribution in [0.25, 0.3) is 0 Å². The highest BCUT2D eigenvalue weighted by molar-refractivity contribution is 5.97. The van der Waals surface area contributed by atoms with Gasteiger partial charge < -0.3 is 0 Å². The third-order valence-corrected chi connectivity index (χ3v) is 1.62. The predicted molar refractivity (Wildman–Crippen MR) is 54.3 cm³/mol. The number of hydrogen-bond acceptors (Lipinski definition) is 1. The molecule has 0 spiro atoms. The average molecular weight is 159 g/mol. The minimum atomic E-state index is 0.928. The Morgan fingerprint density at radius 3 is 3.00 bits per heavy atom. The Labute approximate surface area is 73.5 Å². The fourth-order valence-corrected chi connectivity index (χ4v) is 0.835. The second-order valence-corrected chi connectivity index (χ2v) is 2.69. The smallest absolute Gasteiger partial charge is 0.0441 e. The molecule has 0 fully saturated rings. The zero-order chi connectivity index (χ0) is 8.81. The molecule has 0 N–H and O–H groups in total. The molecule has 12 heavy (non-hydrogen) atoms. The number of nitrogens with zero attached hydrogens (tertiary/aromatic N) is 1. The van der Waals surface area contributed by atoms with Gasteiger partial charge in [0.15, 0.2) is 0 Å². The third kappa shape index (κ3) is 2.70. The van der Waals surface area contributed by atoms with Gasteiger partial charge in [-0.1, -0.05) is 30.9 Å². The van der Waals surface area contributed by atoms with Gasteiger partial charge in [-0.3, -0.25) is 4.99 Å². The number of rotatable bonds is 2. The van der Waals surface area contributed by atoms with E-state index in [-0.39, 0.29) is 0 Å². The SMILES string of the molecule is C=C/C(C)=C\N=C1\C=CC=CC1. The summed E-state index contributed by atoms with van der Waals surface area (Å²) in [7, 11) is 0. The molecule has 0 aliphatic heterocycles. The molecule has 1 nitrogen and oxygen atoms in total. The van der Waals surface area contributed by atoms with Crippen molar-refractivity contribution in [1.29, 1.82) is 0 Å². The van der Waals surface area contributed by atoms with Crippen LogP contribution in [0.2, 0.25) is 0 Å². The van der Waals surface area contributed by atoms with Crippen LogP contribution in [0.5, 0.6) is 0 Å². The van der Waals surface area contributed by atoms with Gasteiger partial charge in [0.25, 0.3) is 0 Å². The largest absolute Gasteiger partial charge is 0.261 e. The van der Waals surface area contributed by atoms with E-state index in [4.69, 9.17) is 0 Å². The molecule has 0 radical (unpaired) electrons. The molecule has 0 amide bonds.